The molecule has 0 N–H and O–H groups in total. The Hall–Kier alpha value is -2.22. The van der Waals surface area contributed by atoms with Crippen molar-refractivity contribution in [3.63, 3.8) is 0 Å². The Morgan fingerprint density at radius 2 is 1.92 bits per heavy atom. The number of nitrogens with zero attached hydrogens (tertiary/aromatic N) is 2. The van der Waals surface area contributed by atoms with Gasteiger partial charge in [-0.15, -0.1) is 0 Å². The van der Waals surface area contributed by atoms with Crippen molar-refractivity contribution in [3.8, 4) is 0 Å². The van der Waals surface area contributed by atoms with Gasteiger partial charge in [-0.3, -0.25) is 19.8 Å². The number of nitro benzene ring substituents is 1. The summed E-state index contributed by atoms with van der Waals surface area (Å²) in [7, 11) is 0. The molecule has 8 heteroatoms. The van der Waals surface area contributed by atoms with E-state index in [2.05, 4.69) is 0 Å². The number of carbonyl (C=O) groups excluding carboxylic acids is 1. The number of benzene rings is 2. The molecule has 1 amide bonds. The van der Waals surface area contributed by atoms with Gasteiger partial charge in [0.05, 0.1) is 15.5 Å². The lowest BCUT2D eigenvalue weighted by molar-refractivity contribution is -0.384. The molecule has 2 aromatic carbocycles. The molecule has 0 saturated carbocycles. The summed E-state index contributed by atoms with van der Waals surface area (Å²) in [5.41, 5.74) is 1.29. The number of non-ortho nitro benzene ring substituents is 1. The molecule has 1 heterocycles. The molecule has 0 bridgehead atoms. The van der Waals surface area contributed by atoms with Gasteiger partial charge in [0.15, 0.2) is 4.32 Å². The smallest absolute Gasteiger partial charge is 0.268 e. The summed E-state index contributed by atoms with van der Waals surface area (Å²) in [6.07, 6.45) is 1.66. The summed E-state index contributed by atoms with van der Waals surface area (Å²) in [6.45, 7) is 0. The molecule has 0 aliphatic carbocycles. The molecule has 0 unspecified atom stereocenters. The van der Waals surface area contributed by atoms with E-state index >= 15 is 0 Å². The lowest BCUT2D eigenvalue weighted by Gasteiger charge is -2.14. The number of carbonyl (C=O) groups is 1. The molecule has 0 radical (unpaired) electrons. The molecule has 2 aromatic rings. The van der Waals surface area contributed by atoms with Crippen molar-refractivity contribution in [2.75, 3.05) is 4.90 Å². The average Bonchev–Trinajstić information content (AvgIpc) is 2.82. The number of thiocarbonyl (C=S) groups is 1. The maximum Gasteiger partial charge on any atom is 0.270 e. The van der Waals surface area contributed by atoms with Crippen molar-refractivity contribution in [1.29, 1.82) is 0 Å². The molecule has 0 aromatic heterocycles. The highest BCUT2D eigenvalue weighted by Gasteiger charge is 2.33. The lowest BCUT2D eigenvalue weighted by atomic mass is 10.2. The van der Waals surface area contributed by atoms with Crippen LogP contribution in [0.5, 0.6) is 0 Å². The van der Waals surface area contributed by atoms with Gasteiger partial charge >= 0.3 is 0 Å². The molecule has 3 rings (SSSR count). The highest BCUT2D eigenvalue weighted by molar-refractivity contribution is 8.27. The summed E-state index contributed by atoms with van der Waals surface area (Å²) in [4.78, 5) is 24.7. The zero-order valence-corrected chi connectivity index (χ0v) is 14.4. The topological polar surface area (TPSA) is 63.4 Å². The molecule has 1 aliphatic heterocycles. The first-order valence-corrected chi connectivity index (χ1v) is 8.34. The summed E-state index contributed by atoms with van der Waals surface area (Å²) in [6, 6.07) is 12.8. The number of thioether (sulfide) groups is 1. The van der Waals surface area contributed by atoms with Crippen molar-refractivity contribution < 1.29 is 9.72 Å². The van der Waals surface area contributed by atoms with Crippen molar-refractivity contribution >= 4 is 63.3 Å². The summed E-state index contributed by atoms with van der Waals surface area (Å²) >= 11 is 12.4. The van der Waals surface area contributed by atoms with Crippen molar-refractivity contribution in [3.05, 3.63) is 74.1 Å². The van der Waals surface area contributed by atoms with Gasteiger partial charge in [0.2, 0.25) is 0 Å². The second kappa shape index (κ2) is 6.72. The number of anilines is 1. The van der Waals surface area contributed by atoms with E-state index in [-0.39, 0.29) is 11.6 Å². The van der Waals surface area contributed by atoms with Gasteiger partial charge in [0.25, 0.3) is 11.6 Å². The van der Waals surface area contributed by atoms with E-state index in [1.54, 1.807) is 42.5 Å². The predicted molar refractivity (Wildman–Crippen MR) is 100 cm³/mol. The molecular formula is C16H9ClN2O3S2. The van der Waals surface area contributed by atoms with Crippen LogP contribution in [0.1, 0.15) is 5.56 Å². The fourth-order valence-corrected chi connectivity index (χ4v) is 3.63. The minimum atomic E-state index is -0.470. The van der Waals surface area contributed by atoms with Crippen LogP contribution in [0.2, 0.25) is 5.02 Å². The van der Waals surface area contributed by atoms with Gasteiger partial charge in [-0.1, -0.05) is 41.6 Å². The van der Waals surface area contributed by atoms with E-state index in [1.165, 1.54) is 28.8 Å². The predicted octanol–water partition coefficient (Wildman–Crippen LogP) is 4.65. The average molecular weight is 377 g/mol. The Bertz CT molecular complexity index is 881. The Morgan fingerprint density at radius 1 is 1.21 bits per heavy atom. The Morgan fingerprint density at radius 3 is 2.54 bits per heavy atom. The van der Waals surface area contributed by atoms with Crippen LogP contribution in [0.3, 0.4) is 0 Å². The first-order chi connectivity index (χ1) is 11.5. The molecule has 5 nitrogen and oxygen atoms in total. The number of amides is 1. The van der Waals surface area contributed by atoms with Gasteiger partial charge < -0.3 is 0 Å². The molecule has 1 aliphatic rings. The van der Waals surface area contributed by atoms with Crippen LogP contribution in [0.4, 0.5) is 11.4 Å². The zero-order chi connectivity index (χ0) is 17.3. The normalized spacial score (nSPS) is 16.0. The van der Waals surface area contributed by atoms with Crippen LogP contribution in [0.25, 0.3) is 6.08 Å². The van der Waals surface area contributed by atoms with Crippen LogP contribution in [0, 0.1) is 10.1 Å². The molecular weight excluding hydrogens is 368 g/mol. The molecule has 0 atom stereocenters. The molecule has 120 valence electrons. The molecule has 1 saturated heterocycles. The van der Waals surface area contributed by atoms with E-state index in [4.69, 9.17) is 23.8 Å². The third kappa shape index (κ3) is 3.33. The lowest BCUT2D eigenvalue weighted by Crippen LogP contribution is -2.27. The van der Waals surface area contributed by atoms with E-state index in [1.807, 2.05) is 0 Å². The quantitative estimate of drug-likeness (QED) is 0.337. The standard InChI is InChI=1S/C16H9ClN2O3S2/c17-11-2-1-3-13(9-11)18-15(20)14(24-16(18)23)8-10-4-6-12(7-5-10)19(21)22/h1-9H. The second-order valence-corrected chi connectivity index (χ2v) is 6.96. The first kappa shape index (κ1) is 16.6. The summed E-state index contributed by atoms with van der Waals surface area (Å²) in [5, 5.41) is 11.2. The number of halogens is 1. The van der Waals surface area contributed by atoms with Crippen molar-refractivity contribution in [2.24, 2.45) is 0 Å². The number of rotatable bonds is 3. The van der Waals surface area contributed by atoms with Gasteiger partial charge in [-0.2, -0.15) is 0 Å². The van der Waals surface area contributed by atoms with Crippen LogP contribution in [-0.4, -0.2) is 15.2 Å². The van der Waals surface area contributed by atoms with Crippen LogP contribution in [-0.2, 0) is 4.79 Å². The third-order valence-electron chi connectivity index (χ3n) is 3.26. The Labute approximate surface area is 152 Å². The van der Waals surface area contributed by atoms with E-state index in [0.717, 1.165) is 0 Å². The van der Waals surface area contributed by atoms with Gasteiger partial charge in [0, 0.05) is 17.2 Å². The highest BCUT2D eigenvalue weighted by Crippen LogP contribution is 2.36. The van der Waals surface area contributed by atoms with E-state index in [9.17, 15) is 14.9 Å². The monoisotopic (exact) mass is 376 g/mol. The van der Waals surface area contributed by atoms with E-state index in [0.29, 0.717) is 25.5 Å². The first-order valence-electron chi connectivity index (χ1n) is 6.74. The number of nitro groups is 1. The second-order valence-electron chi connectivity index (χ2n) is 4.85. The molecule has 0 spiro atoms. The minimum Gasteiger partial charge on any atom is -0.268 e. The Balaban J connectivity index is 1.89. The maximum atomic E-state index is 12.6. The van der Waals surface area contributed by atoms with Gasteiger partial charge in [-0.25, -0.2) is 0 Å². The molecule has 24 heavy (non-hydrogen) atoms. The SMILES string of the molecule is O=C1C(=Cc2ccc([N+](=O)[O-])cc2)SC(=S)N1c1cccc(Cl)c1. The fourth-order valence-electron chi connectivity index (χ4n) is 2.15. The summed E-state index contributed by atoms with van der Waals surface area (Å²) in [5.74, 6) is -0.245. The highest BCUT2D eigenvalue weighted by atomic mass is 35.5. The molecule has 1 fully saturated rings. The van der Waals surface area contributed by atoms with Crippen molar-refractivity contribution in [1.82, 2.24) is 0 Å². The third-order valence-corrected chi connectivity index (χ3v) is 4.80. The number of hydrogen-bond acceptors (Lipinski definition) is 5. The van der Waals surface area contributed by atoms with Gasteiger partial charge in [-0.05, 0) is 42.0 Å². The van der Waals surface area contributed by atoms with Gasteiger partial charge in [0.1, 0.15) is 0 Å². The maximum absolute atomic E-state index is 12.6. The number of hydrogen-bond donors (Lipinski definition) is 0. The van der Waals surface area contributed by atoms with E-state index < -0.39 is 4.92 Å². The summed E-state index contributed by atoms with van der Waals surface area (Å²) < 4.78 is 0.412. The zero-order valence-electron chi connectivity index (χ0n) is 12.0. The minimum absolute atomic E-state index is 0.00127. The Kier molecular flexibility index (Phi) is 4.66. The van der Waals surface area contributed by atoms with Crippen LogP contribution < -0.4 is 4.90 Å². The van der Waals surface area contributed by atoms with Crippen LogP contribution in [0.15, 0.2) is 53.4 Å². The fraction of sp³-hybridized carbons (Fsp3) is 0. The largest absolute Gasteiger partial charge is 0.270 e. The van der Waals surface area contributed by atoms with Crippen molar-refractivity contribution in [2.45, 2.75) is 0 Å². The van der Waals surface area contributed by atoms with Crippen LogP contribution >= 0.6 is 35.6 Å².